The molecule has 8 heteroatoms. The molecule has 0 aliphatic carbocycles. The Morgan fingerprint density at radius 2 is 2.25 bits per heavy atom. The Bertz CT molecular complexity index is 581. The number of hydrogen-bond acceptors (Lipinski definition) is 4. The molecule has 20 heavy (non-hydrogen) atoms. The van der Waals surface area contributed by atoms with Crippen LogP contribution in [-0.2, 0) is 4.79 Å². The summed E-state index contributed by atoms with van der Waals surface area (Å²) in [5.41, 5.74) is -0.0575. The van der Waals surface area contributed by atoms with Gasteiger partial charge in [0, 0.05) is 24.7 Å². The van der Waals surface area contributed by atoms with Crippen LogP contribution in [0.2, 0.25) is 0 Å². The van der Waals surface area contributed by atoms with Gasteiger partial charge in [-0.25, -0.2) is 4.39 Å². The van der Waals surface area contributed by atoms with E-state index in [0.29, 0.717) is 13.0 Å². The smallest absolute Gasteiger partial charge is 0.308 e. The summed E-state index contributed by atoms with van der Waals surface area (Å²) in [4.78, 5) is 23.2. The summed E-state index contributed by atoms with van der Waals surface area (Å²) in [6.45, 7) is 2.05. The standard InChI is InChI=1S/C12H12FIN2O4/c1-6-7(12(17)18)2-3-15(6)10-4-8(13)9(14)5-11(10)16(19)20/h4-7H,2-3H2,1H3,(H,17,18). The van der Waals surface area contributed by atoms with Crippen LogP contribution in [0.25, 0.3) is 0 Å². The zero-order valence-corrected chi connectivity index (χ0v) is 12.7. The van der Waals surface area contributed by atoms with Gasteiger partial charge in [0.25, 0.3) is 5.69 Å². The first-order valence-corrected chi connectivity index (χ1v) is 7.03. The number of halogens is 2. The van der Waals surface area contributed by atoms with Crippen LogP contribution in [0.4, 0.5) is 15.8 Å². The predicted molar refractivity (Wildman–Crippen MR) is 78.3 cm³/mol. The molecule has 1 heterocycles. The minimum atomic E-state index is -0.936. The Morgan fingerprint density at radius 3 is 2.75 bits per heavy atom. The predicted octanol–water partition coefficient (Wildman–Crippen LogP) is 2.64. The van der Waals surface area contributed by atoms with Crippen LogP contribution in [0.3, 0.4) is 0 Å². The molecular formula is C12H12FIN2O4. The topological polar surface area (TPSA) is 83.7 Å². The van der Waals surface area contributed by atoms with Crippen molar-refractivity contribution in [1.29, 1.82) is 0 Å². The molecule has 2 unspecified atom stereocenters. The third kappa shape index (κ3) is 2.56. The van der Waals surface area contributed by atoms with Gasteiger partial charge in [0.1, 0.15) is 11.5 Å². The fourth-order valence-corrected chi connectivity index (χ4v) is 2.96. The van der Waals surface area contributed by atoms with Crippen molar-refractivity contribution >= 4 is 39.9 Å². The number of nitro benzene ring substituents is 1. The minimum Gasteiger partial charge on any atom is -0.481 e. The third-order valence-corrected chi connectivity index (χ3v) is 4.42. The van der Waals surface area contributed by atoms with Crippen LogP contribution in [0.1, 0.15) is 13.3 Å². The van der Waals surface area contributed by atoms with Gasteiger partial charge in [-0.15, -0.1) is 0 Å². The molecule has 0 radical (unpaired) electrons. The lowest BCUT2D eigenvalue weighted by atomic mass is 10.0. The van der Waals surface area contributed by atoms with E-state index in [1.807, 2.05) is 0 Å². The number of carbonyl (C=O) groups is 1. The molecule has 0 amide bonds. The molecule has 1 fully saturated rings. The average Bonchev–Trinajstić information content (AvgIpc) is 2.73. The van der Waals surface area contributed by atoms with E-state index in [1.165, 1.54) is 6.07 Å². The van der Waals surface area contributed by atoms with Gasteiger partial charge in [-0.2, -0.15) is 0 Å². The van der Waals surface area contributed by atoms with Crippen molar-refractivity contribution < 1.29 is 19.2 Å². The average molecular weight is 394 g/mol. The van der Waals surface area contributed by atoms with Crippen LogP contribution in [0, 0.1) is 25.4 Å². The lowest BCUT2D eigenvalue weighted by Crippen LogP contribution is -2.33. The summed E-state index contributed by atoms with van der Waals surface area (Å²) in [6.07, 6.45) is 0.390. The molecule has 2 atom stereocenters. The zero-order valence-electron chi connectivity index (χ0n) is 10.5. The van der Waals surface area contributed by atoms with Crippen molar-refractivity contribution in [3.8, 4) is 0 Å². The van der Waals surface area contributed by atoms with Crippen molar-refractivity contribution in [3.05, 3.63) is 31.6 Å². The Morgan fingerprint density at radius 1 is 1.60 bits per heavy atom. The highest BCUT2D eigenvalue weighted by molar-refractivity contribution is 14.1. The first kappa shape index (κ1) is 14.9. The number of carboxylic acid groups (broad SMARTS) is 1. The number of rotatable bonds is 3. The van der Waals surface area contributed by atoms with E-state index in [1.54, 1.807) is 34.4 Å². The fourth-order valence-electron chi connectivity index (χ4n) is 2.51. The molecule has 0 saturated carbocycles. The molecule has 1 aliphatic rings. The number of benzene rings is 1. The Kier molecular flexibility index (Phi) is 4.11. The quantitative estimate of drug-likeness (QED) is 0.484. The lowest BCUT2D eigenvalue weighted by Gasteiger charge is -2.25. The van der Waals surface area contributed by atoms with Gasteiger partial charge in [0.15, 0.2) is 0 Å². The second kappa shape index (κ2) is 5.51. The molecule has 0 aromatic heterocycles. The van der Waals surface area contributed by atoms with Crippen LogP contribution < -0.4 is 4.90 Å². The first-order valence-electron chi connectivity index (χ1n) is 5.95. The summed E-state index contributed by atoms with van der Waals surface area (Å²) in [5, 5.41) is 20.2. The highest BCUT2D eigenvalue weighted by Crippen LogP contribution is 2.37. The van der Waals surface area contributed by atoms with Gasteiger partial charge in [-0.1, -0.05) is 0 Å². The van der Waals surface area contributed by atoms with Gasteiger partial charge in [-0.3, -0.25) is 14.9 Å². The van der Waals surface area contributed by atoms with Crippen molar-refractivity contribution in [2.75, 3.05) is 11.4 Å². The number of nitrogens with zero attached hydrogens (tertiary/aromatic N) is 2. The van der Waals surface area contributed by atoms with E-state index in [0.717, 1.165) is 6.07 Å². The van der Waals surface area contributed by atoms with Crippen molar-refractivity contribution in [3.63, 3.8) is 0 Å². The minimum absolute atomic E-state index is 0.143. The van der Waals surface area contributed by atoms with Crippen molar-refractivity contribution in [1.82, 2.24) is 0 Å². The highest BCUT2D eigenvalue weighted by Gasteiger charge is 2.38. The molecule has 1 saturated heterocycles. The first-order chi connectivity index (χ1) is 9.32. The summed E-state index contributed by atoms with van der Waals surface area (Å²) < 4.78 is 13.9. The number of hydrogen-bond donors (Lipinski definition) is 1. The molecule has 0 bridgehead atoms. The lowest BCUT2D eigenvalue weighted by molar-refractivity contribution is -0.384. The summed E-state index contributed by atoms with van der Waals surface area (Å²) in [5.74, 6) is -2.08. The summed E-state index contributed by atoms with van der Waals surface area (Å²) >= 11 is 1.69. The monoisotopic (exact) mass is 394 g/mol. The number of carboxylic acids is 1. The van der Waals surface area contributed by atoms with Crippen molar-refractivity contribution in [2.45, 2.75) is 19.4 Å². The van der Waals surface area contributed by atoms with Crippen LogP contribution in [0.15, 0.2) is 12.1 Å². The molecule has 0 spiro atoms. The molecule has 6 nitrogen and oxygen atoms in total. The van der Waals surface area contributed by atoms with E-state index < -0.39 is 28.7 Å². The van der Waals surface area contributed by atoms with Crippen molar-refractivity contribution in [2.24, 2.45) is 5.92 Å². The number of aliphatic carboxylic acids is 1. The van der Waals surface area contributed by atoms with Gasteiger partial charge in [0.2, 0.25) is 0 Å². The van der Waals surface area contributed by atoms with Gasteiger partial charge in [-0.05, 0) is 35.9 Å². The Balaban J connectivity index is 2.45. The van der Waals surface area contributed by atoms with E-state index in [4.69, 9.17) is 5.11 Å². The van der Waals surface area contributed by atoms with Crippen LogP contribution >= 0.6 is 22.6 Å². The second-order valence-corrected chi connectivity index (χ2v) is 5.84. The fraction of sp³-hybridized carbons (Fsp3) is 0.417. The molecule has 1 aromatic rings. The zero-order chi connectivity index (χ0) is 15.0. The van der Waals surface area contributed by atoms with Gasteiger partial charge < -0.3 is 10.0 Å². The number of anilines is 1. The van der Waals surface area contributed by atoms with Gasteiger partial charge in [0.05, 0.1) is 14.4 Å². The van der Waals surface area contributed by atoms with Crippen LogP contribution in [-0.4, -0.2) is 28.6 Å². The van der Waals surface area contributed by atoms with E-state index in [2.05, 4.69) is 0 Å². The maximum Gasteiger partial charge on any atom is 0.308 e. The number of nitro groups is 1. The molecule has 1 aromatic carbocycles. The molecule has 1 aliphatic heterocycles. The highest BCUT2D eigenvalue weighted by atomic mass is 127. The molecular weight excluding hydrogens is 382 g/mol. The summed E-state index contributed by atoms with van der Waals surface area (Å²) in [6, 6.07) is 1.87. The third-order valence-electron chi connectivity index (χ3n) is 3.60. The SMILES string of the molecule is CC1C(C(=O)O)CCN1c1cc(F)c(I)cc1[N+](=O)[O-]. The largest absolute Gasteiger partial charge is 0.481 e. The van der Waals surface area contributed by atoms with E-state index in [-0.39, 0.29) is 14.9 Å². The molecule has 1 N–H and O–H groups in total. The second-order valence-electron chi connectivity index (χ2n) is 4.68. The maximum atomic E-state index is 13.7. The molecule has 2 rings (SSSR count). The summed E-state index contributed by atoms with van der Waals surface area (Å²) in [7, 11) is 0. The van der Waals surface area contributed by atoms with Crippen LogP contribution in [0.5, 0.6) is 0 Å². The Labute approximate surface area is 127 Å². The maximum absolute atomic E-state index is 13.7. The van der Waals surface area contributed by atoms with Gasteiger partial charge >= 0.3 is 5.97 Å². The normalized spacial score (nSPS) is 22.1. The molecule has 108 valence electrons. The van der Waals surface area contributed by atoms with E-state index in [9.17, 15) is 19.3 Å². The Hall–Kier alpha value is -1.45. The van der Waals surface area contributed by atoms with E-state index >= 15 is 0 Å².